The zero-order valence-electron chi connectivity index (χ0n) is 8.77. The van der Waals surface area contributed by atoms with Crippen LogP contribution in [0.1, 0.15) is 19.4 Å². The van der Waals surface area contributed by atoms with Crippen LogP contribution in [0.4, 0.5) is 0 Å². The van der Waals surface area contributed by atoms with Crippen molar-refractivity contribution in [1.29, 1.82) is 0 Å². The average molecular weight is 223 g/mol. The SMILES string of the molecule is CCSc1ccc(/C=C(\C)[N+](=O)[O-])cc1. The molecule has 0 heterocycles. The van der Waals surface area contributed by atoms with Crippen LogP contribution >= 0.6 is 11.8 Å². The predicted molar refractivity (Wildman–Crippen MR) is 63.5 cm³/mol. The van der Waals surface area contributed by atoms with E-state index in [9.17, 15) is 10.1 Å². The molecule has 1 aromatic rings. The minimum atomic E-state index is -0.380. The van der Waals surface area contributed by atoms with Crippen molar-refractivity contribution < 1.29 is 4.92 Å². The van der Waals surface area contributed by atoms with E-state index >= 15 is 0 Å². The molecule has 0 spiro atoms. The zero-order valence-corrected chi connectivity index (χ0v) is 9.58. The minimum absolute atomic E-state index is 0.158. The number of nitrogens with zero attached hydrogens (tertiary/aromatic N) is 1. The largest absolute Gasteiger partial charge is 0.259 e. The van der Waals surface area contributed by atoms with E-state index in [2.05, 4.69) is 6.92 Å². The van der Waals surface area contributed by atoms with Crippen molar-refractivity contribution >= 4 is 17.8 Å². The molecule has 0 N–H and O–H groups in total. The third kappa shape index (κ3) is 3.75. The molecule has 0 amide bonds. The van der Waals surface area contributed by atoms with Crippen LogP contribution in [0, 0.1) is 10.1 Å². The van der Waals surface area contributed by atoms with E-state index < -0.39 is 0 Å². The molecule has 1 aromatic carbocycles. The van der Waals surface area contributed by atoms with Crippen LogP contribution < -0.4 is 0 Å². The number of hydrogen-bond acceptors (Lipinski definition) is 3. The Kier molecular flexibility index (Phi) is 4.37. The van der Waals surface area contributed by atoms with Gasteiger partial charge in [0.15, 0.2) is 0 Å². The van der Waals surface area contributed by atoms with Gasteiger partial charge in [-0.25, -0.2) is 0 Å². The molecule has 15 heavy (non-hydrogen) atoms. The first-order valence-corrected chi connectivity index (χ1v) is 5.67. The maximum absolute atomic E-state index is 10.4. The van der Waals surface area contributed by atoms with Crippen LogP contribution in [0.3, 0.4) is 0 Å². The van der Waals surface area contributed by atoms with Gasteiger partial charge in [0.2, 0.25) is 5.70 Å². The lowest BCUT2D eigenvalue weighted by Crippen LogP contribution is -1.92. The molecule has 0 saturated carbocycles. The molecule has 0 bridgehead atoms. The monoisotopic (exact) mass is 223 g/mol. The highest BCUT2D eigenvalue weighted by atomic mass is 32.2. The molecular formula is C11H13NO2S. The van der Waals surface area contributed by atoms with Crippen LogP contribution in [0.5, 0.6) is 0 Å². The molecule has 0 radical (unpaired) electrons. The Morgan fingerprint density at radius 2 is 2.07 bits per heavy atom. The molecule has 80 valence electrons. The Bertz CT molecular complexity index is 371. The first-order chi connectivity index (χ1) is 7.13. The summed E-state index contributed by atoms with van der Waals surface area (Å²) in [6.07, 6.45) is 1.57. The summed E-state index contributed by atoms with van der Waals surface area (Å²) in [6, 6.07) is 7.75. The Balaban J connectivity index is 2.80. The van der Waals surface area contributed by atoms with E-state index in [1.165, 1.54) is 11.8 Å². The normalized spacial score (nSPS) is 11.5. The van der Waals surface area contributed by atoms with Crippen molar-refractivity contribution in [3.63, 3.8) is 0 Å². The lowest BCUT2D eigenvalue weighted by atomic mass is 10.2. The molecule has 0 aliphatic carbocycles. The second kappa shape index (κ2) is 5.56. The summed E-state index contributed by atoms with van der Waals surface area (Å²) in [5.74, 6) is 1.03. The third-order valence-corrected chi connectivity index (χ3v) is 2.75. The molecule has 3 nitrogen and oxygen atoms in total. The molecule has 0 unspecified atom stereocenters. The van der Waals surface area contributed by atoms with Gasteiger partial charge in [-0.05, 0) is 23.4 Å². The van der Waals surface area contributed by atoms with E-state index in [4.69, 9.17) is 0 Å². The summed E-state index contributed by atoms with van der Waals surface area (Å²) in [5.41, 5.74) is 1.02. The fourth-order valence-corrected chi connectivity index (χ4v) is 1.78. The summed E-state index contributed by atoms with van der Waals surface area (Å²) in [5, 5.41) is 10.4. The van der Waals surface area contributed by atoms with Crippen molar-refractivity contribution in [3.05, 3.63) is 45.6 Å². The first kappa shape index (κ1) is 11.8. The van der Waals surface area contributed by atoms with Crippen molar-refractivity contribution in [1.82, 2.24) is 0 Å². The van der Waals surface area contributed by atoms with Crippen molar-refractivity contribution in [2.45, 2.75) is 18.7 Å². The summed E-state index contributed by atoms with van der Waals surface area (Å²) < 4.78 is 0. The standard InChI is InChI=1S/C11H13NO2S/c1-3-15-11-6-4-10(5-7-11)8-9(2)12(13)14/h4-8H,3H2,1-2H3/b9-8+. The van der Waals surface area contributed by atoms with E-state index in [-0.39, 0.29) is 10.6 Å². The molecule has 0 aromatic heterocycles. The molecule has 0 aliphatic rings. The van der Waals surface area contributed by atoms with Gasteiger partial charge in [-0.15, -0.1) is 11.8 Å². The Hall–Kier alpha value is -1.29. The smallest absolute Gasteiger partial charge is 0.243 e. The highest BCUT2D eigenvalue weighted by Gasteiger charge is 2.01. The maximum atomic E-state index is 10.4. The molecule has 0 fully saturated rings. The summed E-state index contributed by atoms with van der Waals surface area (Å²) in [6.45, 7) is 3.59. The number of nitro groups is 1. The molecule has 4 heteroatoms. The molecule has 0 saturated heterocycles. The van der Waals surface area contributed by atoms with Gasteiger partial charge in [-0.2, -0.15) is 0 Å². The van der Waals surface area contributed by atoms with E-state index in [0.717, 1.165) is 11.3 Å². The van der Waals surface area contributed by atoms with E-state index in [1.54, 1.807) is 17.8 Å². The Labute approximate surface area is 93.3 Å². The van der Waals surface area contributed by atoms with Gasteiger partial charge in [-0.1, -0.05) is 19.1 Å². The molecule has 0 atom stereocenters. The highest BCUT2D eigenvalue weighted by Crippen LogP contribution is 2.18. The van der Waals surface area contributed by atoms with Gasteiger partial charge in [0, 0.05) is 17.9 Å². The van der Waals surface area contributed by atoms with Crippen molar-refractivity contribution in [3.8, 4) is 0 Å². The number of rotatable bonds is 4. The van der Waals surface area contributed by atoms with Gasteiger partial charge in [-0.3, -0.25) is 10.1 Å². The number of hydrogen-bond donors (Lipinski definition) is 0. The Morgan fingerprint density at radius 3 is 2.53 bits per heavy atom. The van der Waals surface area contributed by atoms with Gasteiger partial charge in [0.25, 0.3) is 0 Å². The fraction of sp³-hybridized carbons (Fsp3) is 0.273. The molecule has 1 rings (SSSR count). The average Bonchev–Trinajstić information content (AvgIpc) is 2.21. The topological polar surface area (TPSA) is 43.1 Å². The van der Waals surface area contributed by atoms with Crippen LogP contribution in [-0.4, -0.2) is 10.7 Å². The second-order valence-electron chi connectivity index (χ2n) is 3.04. The molecule has 0 aliphatic heterocycles. The van der Waals surface area contributed by atoms with Crippen LogP contribution in [0.2, 0.25) is 0 Å². The van der Waals surface area contributed by atoms with Crippen molar-refractivity contribution in [2.24, 2.45) is 0 Å². The summed E-state index contributed by atoms with van der Waals surface area (Å²) >= 11 is 1.75. The van der Waals surface area contributed by atoms with E-state index in [0.29, 0.717) is 0 Å². The Morgan fingerprint density at radius 1 is 1.47 bits per heavy atom. The van der Waals surface area contributed by atoms with Crippen LogP contribution in [0.15, 0.2) is 34.9 Å². The zero-order chi connectivity index (χ0) is 11.3. The number of benzene rings is 1. The predicted octanol–water partition coefficient (Wildman–Crippen LogP) is 3.44. The van der Waals surface area contributed by atoms with Crippen molar-refractivity contribution in [2.75, 3.05) is 5.75 Å². The fourth-order valence-electron chi connectivity index (χ4n) is 1.12. The van der Waals surface area contributed by atoms with Crippen LogP contribution in [0.25, 0.3) is 6.08 Å². The second-order valence-corrected chi connectivity index (χ2v) is 4.38. The maximum Gasteiger partial charge on any atom is 0.243 e. The number of thioether (sulfide) groups is 1. The van der Waals surface area contributed by atoms with E-state index in [1.807, 2.05) is 24.3 Å². The first-order valence-electron chi connectivity index (χ1n) is 4.69. The third-order valence-electron chi connectivity index (χ3n) is 1.85. The minimum Gasteiger partial charge on any atom is -0.259 e. The van der Waals surface area contributed by atoms with Crippen LogP contribution in [-0.2, 0) is 0 Å². The lowest BCUT2D eigenvalue weighted by molar-refractivity contribution is -0.422. The van der Waals surface area contributed by atoms with Gasteiger partial charge < -0.3 is 0 Å². The van der Waals surface area contributed by atoms with Gasteiger partial charge in [0.05, 0.1) is 4.92 Å². The summed E-state index contributed by atoms with van der Waals surface area (Å²) in [4.78, 5) is 11.2. The quantitative estimate of drug-likeness (QED) is 0.446. The summed E-state index contributed by atoms with van der Waals surface area (Å²) in [7, 11) is 0. The lowest BCUT2D eigenvalue weighted by Gasteiger charge is -1.98. The van der Waals surface area contributed by atoms with Gasteiger partial charge >= 0.3 is 0 Å². The molecular weight excluding hydrogens is 210 g/mol. The van der Waals surface area contributed by atoms with Gasteiger partial charge in [0.1, 0.15) is 0 Å². The highest BCUT2D eigenvalue weighted by molar-refractivity contribution is 7.99. The number of allylic oxidation sites excluding steroid dienone is 1.